The van der Waals surface area contributed by atoms with Gasteiger partial charge < -0.3 is 0 Å². The highest BCUT2D eigenvalue weighted by atomic mass is 79.9. The van der Waals surface area contributed by atoms with Crippen molar-refractivity contribution >= 4 is 22.2 Å². The zero-order valence-electron chi connectivity index (χ0n) is 6.53. The van der Waals surface area contributed by atoms with Crippen LogP contribution in [0.2, 0.25) is 0 Å². The van der Waals surface area contributed by atoms with Gasteiger partial charge in [-0.15, -0.1) is 0 Å². The first kappa shape index (κ1) is 11.2. The van der Waals surface area contributed by atoms with Crippen LogP contribution in [0.3, 0.4) is 0 Å². The molecule has 0 N–H and O–H groups in total. The van der Waals surface area contributed by atoms with E-state index >= 15 is 0 Å². The largest absolute Gasteiger partial charge is 0.420 e. The van der Waals surface area contributed by atoms with Crippen molar-refractivity contribution in [3.8, 4) is 0 Å². The minimum absolute atomic E-state index is 0.0387. The Bertz CT molecular complexity index is 372. The van der Waals surface area contributed by atoms with Crippen LogP contribution in [0, 0.1) is 5.82 Å². The molecule has 0 atom stereocenters. The maximum atomic E-state index is 13.0. The fourth-order valence-corrected chi connectivity index (χ4v) is 1.45. The van der Waals surface area contributed by atoms with Crippen LogP contribution in [-0.2, 0) is 6.18 Å². The molecular formula is C8H3BrF4O. The van der Waals surface area contributed by atoms with E-state index in [1.54, 1.807) is 0 Å². The van der Waals surface area contributed by atoms with Crippen molar-refractivity contribution in [1.82, 2.24) is 0 Å². The molecule has 14 heavy (non-hydrogen) atoms. The quantitative estimate of drug-likeness (QED) is 0.565. The average Bonchev–Trinajstić information content (AvgIpc) is 2.02. The summed E-state index contributed by atoms with van der Waals surface area (Å²) in [6, 6.07) is 1.96. The molecule has 0 aliphatic rings. The first-order valence-electron chi connectivity index (χ1n) is 3.38. The fourth-order valence-electron chi connectivity index (χ4n) is 0.919. The number of benzene rings is 1. The Morgan fingerprint density at radius 1 is 1.29 bits per heavy atom. The van der Waals surface area contributed by atoms with Gasteiger partial charge in [0.15, 0.2) is 6.29 Å². The predicted octanol–water partition coefficient (Wildman–Crippen LogP) is 3.42. The van der Waals surface area contributed by atoms with Crippen LogP contribution in [0.4, 0.5) is 17.6 Å². The van der Waals surface area contributed by atoms with Gasteiger partial charge in [-0.2, -0.15) is 13.2 Å². The Balaban J connectivity index is 3.48. The molecule has 0 unspecified atom stereocenters. The minimum Gasteiger partial charge on any atom is -0.298 e. The maximum absolute atomic E-state index is 13.0. The third-order valence-corrected chi connectivity index (χ3v) is 2.19. The van der Waals surface area contributed by atoms with Crippen LogP contribution >= 0.6 is 15.9 Å². The van der Waals surface area contributed by atoms with Gasteiger partial charge >= 0.3 is 6.18 Å². The topological polar surface area (TPSA) is 17.1 Å². The summed E-state index contributed by atoms with van der Waals surface area (Å²) in [7, 11) is 0. The molecule has 0 saturated heterocycles. The number of carbonyl (C=O) groups excluding carboxylic acids is 1. The van der Waals surface area contributed by atoms with E-state index in [1.165, 1.54) is 0 Å². The Hall–Kier alpha value is -0.910. The van der Waals surface area contributed by atoms with E-state index in [0.29, 0.717) is 0 Å². The van der Waals surface area contributed by atoms with Gasteiger partial charge in [-0.05, 0) is 12.1 Å². The molecule has 0 aliphatic carbocycles. The minimum atomic E-state index is -4.82. The molecule has 0 amide bonds. The second-order valence-electron chi connectivity index (χ2n) is 2.44. The molecule has 1 rings (SSSR count). The van der Waals surface area contributed by atoms with Gasteiger partial charge in [-0.3, -0.25) is 4.79 Å². The maximum Gasteiger partial charge on any atom is 0.420 e. The molecule has 6 heteroatoms. The highest BCUT2D eigenvalue weighted by Gasteiger charge is 2.37. The summed E-state index contributed by atoms with van der Waals surface area (Å²) in [6.45, 7) is 0. The molecule has 76 valence electrons. The highest BCUT2D eigenvalue weighted by molar-refractivity contribution is 9.10. The summed E-state index contributed by atoms with van der Waals surface area (Å²) < 4.78 is 49.3. The number of alkyl halides is 3. The lowest BCUT2D eigenvalue weighted by Crippen LogP contribution is -2.11. The summed E-state index contributed by atoms with van der Waals surface area (Å²) in [5.74, 6) is -1.55. The zero-order valence-corrected chi connectivity index (χ0v) is 8.12. The molecule has 0 heterocycles. The summed E-state index contributed by atoms with van der Waals surface area (Å²) in [5, 5.41) is 0. The summed E-state index contributed by atoms with van der Waals surface area (Å²) in [5.41, 5.74) is -2.07. The van der Waals surface area contributed by atoms with Crippen molar-refractivity contribution in [2.24, 2.45) is 0 Å². The monoisotopic (exact) mass is 270 g/mol. The smallest absolute Gasteiger partial charge is 0.298 e. The SMILES string of the molecule is O=Cc1ccc(Br)c(C(F)(F)F)c1F. The molecule has 1 nitrogen and oxygen atoms in total. The molecule has 0 saturated carbocycles. The second-order valence-corrected chi connectivity index (χ2v) is 3.30. The van der Waals surface area contributed by atoms with E-state index in [-0.39, 0.29) is 6.29 Å². The standard InChI is InChI=1S/C8H3BrF4O/c9-5-2-1-4(3-14)7(10)6(5)8(11,12)13/h1-3H. The molecule has 0 aliphatic heterocycles. The molecule has 0 aromatic heterocycles. The van der Waals surface area contributed by atoms with Crippen molar-refractivity contribution in [2.75, 3.05) is 0 Å². The van der Waals surface area contributed by atoms with Crippen LogP contribution in [0.5, 0.6) is 0 Å². The van der Waals surface area contributed by atoms with Crippen molar-refractivity contribution in [1.29, 1.82) is 0 Å². The lowest BCUT2D eigenvalue weighted by Gasteiger charge is -2.10. The van der Waals surface area contributed by atoms with Gasteiger partial charge in [0.2, 0.25) is 0 Å². The highest BCUT2D eigenvalue weighted by Crippen LogP contribution is 2.37. The Kier molecular flexibility index (Phi) is 2.94. The summed E-state index contributed by atoms with van der Waals surface area (Å²) in [6.07, 6.45) is -4.78. The molecule has 0 radical (unpaired) electrons. The van der Waals surface area contributed by atoms with Crippen molar-refractivity contribution in [3.63, 3.8) is 0 Å². The number of carbonyl (C=O) groups is 1. The summed E-state index contributed by atoms with van der Waals surface area (Å²) in [4.78, 5) is 10.2. The Labute approximate surface area is 84.9 Å². The van der Waals surface area contributed by atoms with Gasteiger partial charge in [-0.25, -0.2) is 4.39 Å². The number of rotatable bonds is 1. The van der Waals surface area contributed by atoms with Crippen molar-refractivity contribution in [2.45, 2.75) is 6.18 Å². The lowest BCUT2D eigenvalue weighted by molar-refractivity contribution is -0.140. The molecular weight excluding hydrogens is 268 g/mol. The van der Waals surface area contributed by atoms with Gasteiger partial charge in [0.1, 0.15) is 11.4 Å². The zero-order chi connectivity index (χ0) is 10.9. The van der Waals surface area contributed by atoms with Gasteiger partial charge in [0.05, 0.1) is 5.56 Å². The van der Waals surface area contributed by atoms with Crippen LogP contribution in [0.25, 0.3) is 0 Å². The van der Waals surface area contributed by atoms with Crippen molar-refractivity contribution in [3.05, 3.63) is 33.5 Å². The van der Waals surface area contributed by atoms with Crippen LogP contribution in [-0.4, -0.2) is 6.29 Å². The molecule has 0 spiro atoms. The van der Waals surface area contributed by atoms with E-state index in [4.69, 9.17) is 0 Å². The van der Waals surface area contributed by atoms with Crippen LogP contribution < -0.4 is 0 Å². The van der Waals surface area contributed by atoms with E-state index < -0.39 is 27.6 Å². The predicted molar refractivity (Wildman–Crippen MR) is 44.5 cm³/mol. The van der Waals surface area contributed by atoms with Crippen LogP contribution in [0.1, 0.15) is 15.9 Å². The number of halogens is 5. The average molecular weight is 271 g/mol. The number of hydrogen-bond donors (Lipinski definition) is 0. The molecule has 0 fully saturated rings. The van der Waals surface area contributed by atoms with Gasteiger partial charge in [0, 0.05) is 4.47 Å². The van der Waals surface area contributed by atoms with Gasteiger partial charge in [0.25, 0.3) is 0 Å². The lowest BCUT2D eigenvalue weighted by atomic mass is 10.1. The van der Waals surface area contributed by atoms with E-state index in [2.05, 4.69) is 15.9 Å². The van der Waals surface area contributed by atoms with E-state index in [9.17, 15) is 22.4 Å². The molecule has 1 aromatic carbocycles. The van der Waals surface area contributed by atoms with E-state index in [0.717, 1.165) is 12.1 Å². The third-order valence-electron chi connectivity index (χ3n) is 1.53. The third kappa shape index (κ3) is 1.95. The molecule has 1 aromatic rings. The first-order valence-corrected chi connectivity index (χ1v) is 4.17. The second kappa shape index (κ2) is 3.68. The van der Waals surface area contributed by atoms with Gasteiger partial charge in [-0.1, -0.05) is 15.9 Å². The normalized spacial score (nSPS) is 11.5. The summed E-state index contributed by atoms with van der Waals surface area (Å²) >= 11 is 2.57. The first-order chi connectivity index (χ1) is 6.38. The molecule has 0 bridgehead atoms. The Morgan fingerprint density at radius 2 is 1.86 bits per heavy atom. The Morgan fingerprint density at radius 3 is 2.29 bits per heavy atom. The van der Waals surface area contributed by atoms with E-state index in [1.807, 2.05) is 0 Å². The number of hydrogen-bond acceptors (Lipinski definition) is 1. The fraction of sp³-hybridized carbons (Fsp3) is 0.125. The number of aldehydes is 1. The van der Waals surface area contributed by atoms with Crippen molar-refractivity contribution < 1.29 is 22.4 Å². The van der Waals surface area contributed by atoms with Crippen LogP contribution in [0.15, 0.2) is 16.6 Å².